The third-order valence-electron chi connectivity index (χ3n) is 5.46. The second-order valence-electron chi connectivity index (χ2n) is 10.4. The van der Waals surface area contributed by atoms with E-state index in [9.17, 15) is 10.2 Å². The summed E-state index contributed by atoms with van der Waals surface area (Å²) in [5, 5.41) is 28.1. The zero-order valence-corrected chi connectivity index (χ0v) is 24.2. The molecule has 0 aliphatic heterocycles. The second-order valence-corrected chi connectivity index (χ2v) is 13.9. The zero-order valence-electron chi connectivity index (χ0n) is 21.0. The molecule has 0 aromatic heterocycles. The van der Waals surface area contributed by atoms with Crippen LogP contribution in [0.3, 0.4) is 0 Å². The molecule has 34 heavy (non-hydrogen) atoms. The van der Waals surface area contributed by atoms with Crippen molar-refractivity contribution >= 4 is 44.8 Å². The molecule has 4 N–H and O–H groups in total. The Labute approximate surface area is 223 Å². The first-order valence-corrected chi connectivity index (χ1v) is 14.7. The first-order chi connectivity index (χ1) is 15.8. The Morgan fingerprint density at radius 1 is 0.676 bits per heavy atom. The van der Waals surface area contributed by atoms with Crippen LogP contribution in [0.2, 0.25) is 10.0 Å². The third-order valence-corrected chi connectivity index (χ3v) is 8.44. The minimum Gasteiger partial charge on any atom is -0.506 e. The number of phenols is 2. The highest BCUT2D eigenvalue weighted by Crippen LogP contribution is 2.35. The predicted octanol–water partition coefficient (Wildman–Crippen LogP) is 7.26. The molecule has 0 saturated carbocycles. The average molecular weight is 546 g/mol. The van der Waals surface area contributed by atoms with E-state index < -0.39 is 0 Å². The van der Waals surface area contributed by atoms with Gasteiger partial charge < -0.3 is 20.8 Å². The van der Waals surface area contributed by atoms with Gasteiger partial charge in [0.05, 0.1) is 10.0 Å². The molecular formula is C26H38Cl2N2O2S2. The van der Waals surface area contributed by atoms with Crippen molar-refractivity contribution in [2.75, 3.05) is 24.6 Å². The minimum atomic E-state index is -0.0208. The van der Waals surface area contributed by atoms with E-state index >= 15 is 0 Å². The van der Waals surface area contributed by atoms with Gasteiger partial charge in [-0.05, 0) is 34.1 Å². The normalized spacial score (nSPS) is 12.4. The molecule has 0 radical (unpaired) electrons. The molecule has 2 aromatic carbocycles. The maximum atomic E-state index is 10.3. The van der Waals surface area contributed by atoms with E-state index in [4.69, 9.17) is 23.2 Å². The topological polar surface area (TPSA) is 64.5 Å². The Bertz CT molecular complexity index is 880. The number of aromatic hydroxyl groups is 2. The van der Waals surface area contributed by atoms with Gasteiger partial charge in [-0.3, -0.25) is 0 Å². The molecule has 0 aliphatic rings. The predicted molar refractivity (Wildman–Crippen MR) is 152 cm³/mol. The molecular weight excluding hydrogens is 507 g/mol. The summed E-state index contributed by atoms with van der Waals surface area (Å²) < 4.78 is 0. The molecule has 2 aromatic rings. The van der Waals surface area contributed by atoms with Crippen molar-refractivity contribution in [3.63, 3.8) is 0 Å². The molecule has 0 unspecified atom stereocenters. The highest BCUT2D eigenvalue weighted by molar-refractivity contribution is 8.76. The van der Waals surface area contributed by atoms with Gasteiger partial charge in [-0.25, -0.2) is 0 Å². The monoisotopic (exact) mass is 544 g/mol. The van der Waals surface area contributed by atoms with E-state index in [0.29, 0.717) is 23.1 Å². The van der Waals surface area contributed by atoms with Gasteiger partial charge in [0, 0.05) is 48.8 Å². The number of hydrogen-bond acceptors (Lipinski definition) is 6. The van der Waals surface area contributed by atoms with E-state index in [1.54, 1.807) is 0 Å². The summed E-state index contributed by atoms with van der Waals surface area (Å²) in [7, 11) is 3.63. The van der Waals surface area contributed by atoms with Crippen LogP contribution >= 0.6 is 44.8 Å². The zero-order chi connectivity index (χ0) is 25.5. The number of halogens is 2. The molecule has 0 saturated heterocycles. The van der Waals surface area contributed by atoms with Crippen LogP contribution in [-0.4, -0.2) is 34.8 Å². The molecule has 4 nitrogen and oxygen atoms in total. The summed E-state index contributed by atoms with van der Waals surface area (Å²) in [6.07, 6.45) is 0. The highest BCUT2D eigenvalue weighted by atomic mass is 35.5. The fraction of sp³-hybridized carbons (Fsp3) is 0.538. The van der Waals surface area contributed by atoms with Gasteiger partial charge in [0.1, 0.15) is 11.5 Å². The fourth-order valence-electron chi connectivity index (χ4n) is 3.24. The van der Waals surface area contributed by atoms with Crippen molar-refractivity contribution in [1.29, 1.82) is 0 Å². The summed E-state index contributed by atoms with van der Waals surface area (Å²) in [4.78, 5) is 0. The SMILES string of the molecule is CC(C)(C)c1cc(Cl)c(O)c(CNCCSSCCNCc2cc(C(C)(C)C)cc(Cl)c2O)c1. The van der Waals surface area contributed by atoms with Gasteiger partial charge in [-0.2, -0.15) is 0 Å². The Kier molecular flexibility index (Phi) is 11.2. The Morgan fingerprint density at radius 2 is 1.03 bits per heavy atom. The fourth-order valence-corrected chi connectivity index (χ4v) is 5.62. The number of rotatable bonds is 11. The van der Waals surface area contributed by atoms with E-state index in [1.165, 1.54) is 0 Å². The summed E-state index contributed by atoms with van der Waals surface area (Å²) in [5.74, 6) is 2.25. The summed E-state index contributed by atoms with van der Waals surface area (Å²) >= 11 is 12.4. The van der Waals surface area contributed by atoms with Crippen molar-refractivity contribution < 1.29 is 10.2 Å². The lowest BCUT2D eigenvalue weighted by atomic mass is 9.86. The van der Waals surface area contributed by atoms with Crippen molar-refractivity contribution in [2.45, 2.75) is 65.5 Å². The van der Waals surface area contributed by atoms with Crippen LogP contribution < -0.4 is 10.6 Å². The van der Waals surface area contributed by atoms with Gasteiger partial charge in [-0.15, -0.1) is 0 Å². The second kappa shape index (κ2) is 13.0. The molecule has 0 fully saturated rings. The van der Waals surface area contributed by atoms with Crippen molar-refractivity contribution in [3.8, 4) is 11.5 Å². The van der Waals surface area contributed by atoms with Gasteiger partial charge in [-0.1, -0.05) is 98.5 Å². The van der Waals surface area contributed by atoms with Crippen molar-refractivity contribution in [2.24, 2.45) is 0 Å². The quantitative estimate of drug-likeness (QED) is 0.176. The van der Waals surface area contributed by atoms with Gasteiger partial charge in [0.25, 0.3) is 0 Å². The lowest BCUT2D eigenvalue weighted by Crippen LogP contribution is -2.19. The molecule has 8 heteroatoms. The van der Waals surface area contributed by atoms with Crippen molar-refractivity contribution in [3.05, 3.63) is 56.6 Å². The lowest BCUT2D eigenvalue weighted by molar-refractivity contribution is 0.463. The lowest BCUT2D eigenvalue weighted by Gasteiger charge is -2.21. The number of nitrogens with one attached hydrogen (secondary N) is 2. The van der Waals surface area contributed by atoms with E-state index in [-0.39, 0.29) is 22.3 Å². The van der Waals surface area contributed by atoms with Gasteiger partial charge in [0.2, 0.25) is 0 Å². The van der Waals surface area contributed by atoms with E-state index in [0.717, 1.165) is 46.8 Å². The molecule has 0 atom stereocenters. The molecule has 190 valence electrons. The molecule has 0 spiro atoms. The first kappa shape index (κ1) is 29.5. The molecule has 0 aliphatic carbocycles. The van der Waals surface area contributed by atoms with Crippen LogP contribution in [0.25, 0.3) is 0 Å². The third kappa shape index (κ3) is 9.03. The summed E-state index contributed by atoms with van der Waals surface area (Å²) in [6, 6.07) is 7.75. The van der Waals surface area contributed by atoms with Crippen LogP contribution in [0.4, 0.5) is 0 Å². The van der Waals surface area contributed by atoms with E-state index in [1.807, 2.05) is 45.9 Å². The number of phenolic OH excluding ortho intramolecular Hbond substituents is 2. The number of hydrogen-bond donors (Lipinski definition) is 4. The maximum Gasteiger partial charge on any atom is 0.138 e. The van der Waals surface area contributed by atoms with Crippen molar-refractivity contribution in [1.82, 2.24) is 10.6 Å². The van der Waals surface area contributed by atoms with Crippen LogP contribution in [0.1, 0.15) is 63.8 Å². The Hall–Kier alpha value is -0.760. The van der Waals surface area contributed by atoms with Crippen LogP contribution in [0, 0.1) is 0 Å². The van der Waals surface area contributed by atoms with E-state index in [2.05, 4.69) is 52.2 Å². The van der Waals surface area contributed by atoms with Crippen LogP contribution in [0.5, 0.6) is 11.5 Å². The molecule has 2 rings (SSSR count). The molecule has 0 amide bonds. The Balaban J connectivity index is 1.66. The van der Waals surface area contributed by atoms with Gasteiger partial charge >= 0.3 is 0 Å². The molecule has 0 heterocycles. The smallest absolute Gasteiger partial charge is 0.138 e. The van der Waals surface area contributed by atoms with Crippen LogP contribution in [0.15, 0.2) is 24.3 Å². The highest BCUT2D eigenvalue weighted by Gasteiger charge is 2.19. The number of benzene rings is 2. The summed E-state index contributed by atoms with van der Waals surface area (Å²) in [5.41, 5.74) is 3.85. The largest absolute Gasteiger partial charge is 0.506 e. The standard InChI is InChI=1S/C26H38Cl2N2O2S2/c1-25(2,3)19-11-17(23(31)21(27)13-19)15-29-7-9-33-34-10-8-30-16-18-12-20(26(4,5)6)14-22(28)24(18)32/h11-14,29-32H,7-10,15-16H2,1-6H3. The molecule has 0 bridgehead atoms. The van der Waals surface area contributed by atoms with Gasteiger partial charge in [0.15, 0.2) is 0 Å². The van der Waals surface area contributed by atoms with Crippen LogP contribution in [-0.2, 0) is 23.9 Å². The average Bonchev–Trinajstić information content (AvgIpc) is 2.73. The minimum absolute atomic E-state index is 0.0208. The summed E-state index contributed by atoms with van der Waals surface area (Å²) in [6.45, 7) is 15.7. The maximum absolute atomic E-state index is 10.3. The first-order valence-electron chi connectivity index (χ1n) is 11.5. The Morgan fingerprint density at radius 3 is 1.35 bits per heavy atom.